The van der Waals surface area contributed by atoms with Gasteiger partial charge in [0.05, 0.1) is 16.3 Å². The Kier molecular flexibility index (Phi) is 3.01. The summed E-state index contributed by atoms with van der Waals surface area (Å²) in [7, 11) is 0. The van der Waals surface area contributed by atoms with E-state index < -0.39 is 0 Å². The lowest BCUT2D eigenvalue weighted by Crippen LogP contribution is -2.11. The number of phenolic OH excluding ortho intramolecular Hbond substituents is 1. The van der Waals surface area contributed by atoms with Gasteiger partial charge >= 0.3 is 0 Å². The summed E-state index contributed by atoms with van der Waals surface area (Å²) >= 11 is 1.42. The molecule has 0 aliphatic heterocycles. The van der Waals surface area contributed by atoms with Crippen LogP contribution in [0.5, 0.6) is 5.75 Å². The molecule has 0 atom stereocenters. The monoisotopic (exact) mass is 248 g/mol. The molecule has 1 amide bonds. The number of carbonyl (C=O) groups excluding carboxylic acids is 1. The molecule has 0 saturated heterocycles. The summed E-state index contributed by atoms with van der Waals surface area (Å²) < 4.78 is 0. The number of benzene rings is 1. The van der Waals surface area contributed by atoms with Gasteiger partial charge in [0, 0.05) is 10.9 Å². The molecule has 88 valence electrons. The van der Waals surface area contributed by atoms with Crippen LogP contribution in [0.25, 0.3) is 0 Å². The predicted molar refractivity (Wildman–Crippen MR) is 69.5 cm³/mol. The van der Waals surface area contributed by atoms with E-state index >= 15 is 0 Å². The molecule has 0 unspecified atom stereocenters. The summed E-state index contributed by atoms with van der Waals surface area (Å²) in [6, 6.07) is 8.11. The Morgan fingerprint density at radius 2 is 2.12 bits per heavy atom. The second-order valence-corrected chi connectivity index (χ2v) is 4.92. The molecule has 0 aliphatic carbocycles. The SMILES string of the molecule is Cc1ccc(C(=O)Nc2ccc(O)cc2N)s1. The van der Waals surface area contributed by atoms with E-state index in [1.54, 1.807) is 12.1 Å². The molecule has 0 spiro atoms. The topological polar surface area (TPSA) is 75.3 Å². The highest BCUT2D eigenvalue weighted by atomic mass is 32.1. The molecule has 2 rings (SSSR count). The molecule has 4 N–H and O–H groups in total. The molecular formula is C12H12N2O2S. The standard InChI is InChI=1S/C12H12N2O2S/c1-7-2-5-11(17-7)12(16)14-10-4-3-8(15)6-9(10)13/h2-6,15H,13H2,1H3,(H,14,16). The van der Waals surface area contributed by atoms with E-state index in [1.165, 1.54) is 23.5 Å². The third-order valence-electron chi connectivity index (χ3n) is 2.25. The summed E-state index contributed by atoms with van der Waals surface area (Å²) in [4.78, 5) is 13.6. The van der Waals surface area contributed by atoms with Crippen molar-refractivity contribution in [2.45, 2.75) is 6.92 Å². The molecule has 0 bridgehead atoms. The second-order valence-electron chi connectivity index (χ2n) is 3.64. The molecule has 2 aromatic rings. The van der Waals surface area contributed by atoms with E-state index in [2.05, 4.69) is 5.32 Å². The Bertz CT molecular complexity index is 563. The molecule has 1 aromatic heterocycles. The number of carbonyl (C=O) groups is 1. The zero-order valence-corrected chi connectivity index (χ0v) is 10.0. The smallest absolute Gasteiger partial charge is 0.265 e. The molecule has 0 saturated carbocycles. The number of hydrogen-bond acceptors (Lipinski definition) is 4. The number of phenols is 1. The molecule has 0 aliphatic rings. The molecular weight excluding hydrogens is 236 g/mol. The largest absolute Gasteiger partial charge is 0.508 e. The highest BCUT2D eigenvalue weighted by molar-refractivity contribution is 7.14. The van der Waals surface area contributed by atoms with Crippen LogP contribution in [-0.4, -0.2) is 11.0 Å². The van der Waals surface area contributed by atoms with Crippen molar-refractivity contribution in [1.29, 1.82) is 0 Å². The van der Waals surface area contributed by atoms with Gasteiger partial charge in [-0.1, -0.05) is 0 Å². The van der Waals surface area contributed by atoms with Crippen LogP contribution < -0.4 is 11.1 Å². The number of rotatable bonds is 2. The fourth-order valence-electron chi connectivity index (χ4n) is 1.40. The first-order chi connectivity index (χ1) is 8.06. The first kappa shape index (κ1) is 11.5. The normalized spacial score (nSPS) is 10.2. The summed E-state index contributed by atoms with van der Waals surface area (Å²) in [5.41, 5.74) is 6.52. The van der Waals surface area contributed by atoms with Gasteiger partial charge < -0.3 is 16.2 Å². The van der Waals surface area contributed by atoms with Crippen LogP contribution in [0, 0.1) is 6.92 Å². The summed E-state index contributed by atoms with van der Waals surface area (Å²) in [6.45, 7) is 1.94. The van der Waals surface area contributed by atoms with Gasteiger partial charge in [-0.15, -0.1) is 11.3 Å². The third-order valence-corrected chi connectivity index (χ3v) is 3.25. The summed E-state index contributed by atoms with van der Waals surface area (Å²) in [6.07, 6.45) is 0. The van der Waals surface area contributed by atoms with Crippen LogP contribution in [0.4, 0.5) is 11.4 Å². The Morgan fingerprint density at radius 1 is 1.35 bits per heavy atom. The first-order valence-corrected chi connectivity index (χ1v) is 5.84. The van der Waals surface area contributed by atoms with E-state index in [0.29, 0.717) is 16.3 Å². The van der Waals surface area contributed by atoms with Gasteiger partial charge in [-0.25, -0.2) is 0 Å². The molecule has 4 nitrogen and oxygen atoms in total. The van der Waals surface area contributed by atoms with Crippen molar-refractivity contribution in [3.05, 3.63) is 40.1 Å². The van der Waals surface area contributed by atoms with Crippen LogP contribution in [0.15, 0.2) is 30.3 Å². The van der Waals surface area contributed by atoms with Crippen LogP contribution in [0.3, 0.4) is 0 Å². The molecule has 1 aromatic carbocycles. The van der Waals surface area contributed by atoms with E-state index in [9.17, 15) is 9.90 Å². The lowest BCUT2D eigenvalue weighted by atomic mass is 10.2. The first-order valence-electron chi connectivity index (χ1n) is 5.02. The minimum absolute atomic E-state index is 0.0764. The van der Waals surface area contributed by atoms with Crippen LogP contribution in [0.2, 0.25) is 0 Å². The van der Waals surface area contributed by atoms with Gasteiger partial charge in [0.15, 0.2) is 0 Å². The molecule has 5 heteroatoms. The van der Waals surface area contributed by atoms with Gasteiger partial charge in [-0.05, 0) is 31.2 Å². The fourth-order valence-corrected chi connectivity index (χ4v) is 2.17. The second kappa shape index (κ2) is 4.47. The Morgan fingerprint density at radius 3 is 2.71 bits per heavy atom. The molecule has 17 heavy (non-hydrogen) atoms. The molecule has 0 fully saturated rings. The quantitative estimate of drug-likeness (QED) is 0.565. The van der Waals surface area contributed by atoms with Crippen LogP contribution in [-0.2, 0) is 0 Å². The van der Waals surface area contributed by atoms with Crippen LogP contribution >= 0.6 is 11.3 Å². The minimum atomic E-state index is -0.194. The highest BCUT2D eigenvalue weighted by Crippen LogP contribution is 2.24. The number of nitrogens with one attached hydrogen (secondary N) is 1. The van der Waals surface area contributed by atoms with Crippen molar-refractivity contribution in [3.8, 4) is 5.75 Å². The van der Waals surface area contributed by atoms with Crippen molar-refractivity contribution < 1.29 is 9.90 Å². The maximum atomic E-state index is 11.8. The lowest BCUT2D eigenvalue weighted by molar-refractivity contribution is 0.103. The Labute approximate surface area is 103 Å². The number of thiophene rings is 1. The van der Waals surface area contributed by atoms with Crippen molar-refractivity contribution in [2.24, 2.45) is 0 Å². The zero-order valence-electron chi connectivity index (χ0n) is 9.23. The van der Waals surface area contributed by atoms with E-state index in [-0.39, 0.29) is 11.7 Å². The van der Waals surface area contributed by atoms with Crippen LogP contribution in [0.1, 0.15) is 14.5 Å². The number of amides is 1. The van der Waals surface area contributed by atoms with Gasteiger partial charge in [-0.2, -0.15) is 0 Å². The Balaban J connectivity index is 2.18. The predicted octanol–water partition coefficient (Wildman–Crippen LogP) is 2.60. The number of anilines is 2. The van der Waals surface area contributed by atoms with Gasteiger partial charge in [0.25, 0.3) is 5.91 Å². The number of hydrogen-bond donors (Lipinski definition) is 3. The molecule has 0 radical (unpaired) electrons. The van der Waals surface area contributed by atoms with Gasteiger partial charge in [0.2, 0.25) is 0 Å². The minimum Gasteiger partial charge on any atom is -0.508 e. The van der Waals surface area contributed by atoms with E-state index in [0.717, 1.165) is 4.88 Å². The fraction of sp³-hybridized carbons (Fsp3) is 0.0833. The number of aryl methyl sites for hydroxylation is 1. The van der Waals surface area contributed by atoms with Gasteiger partial charge in [0.1, 0.15) is 5.75 Å². The van der Waals surface area contributed by atoms with Crippen molar-refractivity contribution in [3.63, 3.8) is 0 Å². The summed E-state index contributed by atoms with van der Waals surface area (Å²) in [5, 5.41) is 11.9. The highest BCUT2D eigenvalue weighted by Gasteiger charge is 2.10. The Hall–Kier alpha value is -2.01. The van der Waals surface area contributed by atoms with E-state index in [1.807, 2.05) is 13.0 Å². The van der Waals surface area contributed by atoms with Crippen molar-refractivity contribution in [2.75, 3.05) is 11.1 Å². The van der Waals surface area contributed by atoms with E-state index in [4.69, 9.17) is 5.73 Å². The maximum absolute atomic E-state index is 11.8. The van der Waals surface area contributed by atoms with Gasteiger partial charge in [-0.3, -0.25) is 4.79 Å². The van der Waals surface area contributed by atoms with Crippen molar-refractivity contribution >= 4 is 28.6 Å². The van der Waals surface area contributed by atoms with Crippen molar-refractivity contribution in [1.82, 2.24) is 0 Å². The average Bonchev–Trinajstić information content (AvgIpc) is 2.69. The number of aromatic hydroxyl groups is 1. The lowest BCUT2D eigenvalue weighted by Gasteiger charge is -2.07. The number of nitrogen functional groups attached to an aromatic ring is 1. The average molecular weight is 248 g/mol. The number of nitrogens with two attached hydrogens (primary N) is 1. The third kappa shape index (κ3) is 2.57. The summed E-state index contributed by atoms with van der Waals surface area (Å²) in [5.74, 6) is -0.118. The maximum Gasteiger partial charge on any atom is 0.265 e. The zero-order chi connectivity index (χ0) is 12.4. The molecule has 1 heterocycles.